The van der Waals surface area contributed by atoms with Crippen molar-refractivity contribution in [3.05, 3.63) is 21.2 Å². The number of hydrogen-bond donors (Lipinski definition) is 1. The number of aromatic nitrogens is 2. The molecule has 1 atom stereocenters. The quantitative estimate of drug-likeness (QED) is 0.812. The number of H-pyrrole nitrogens is 1. The van der Waals surface area contributed by atoms with E-state index >= 15 is 0 Å². The summed E-state index contributed by atoms with van der Waals surface area (Å²) in [5.74, 6) is 0.598. The molecule has 18 heavy (non-hydrogen) atoms. The van der Waals surface area contributed by atoms with E-state index in [9.17, 15) is 4.79 Å². The number of methoxy groups -OCH3 is 2. The van der Waals surface area contributed by atoms with Gasteiger partial charge in [0, 0.05) is 20.8 Å². The molecule has 0 amide bonds. The molecule has 6 nitrogen and oxygen atoms in total. The minimum atomic E-state index is -0.202. The van der Waals surface area contributed by atoms with Crippen LogP contribution in [-0.4, -0.2) is 50.0 Å². The normalized spacial score (nSPS) is 12.4. The number of hydrogen-bond acceptors (Lipinski definition) is 5. The highest BCUT2D eigenvalue weighted by molar-refractivity contribution is 9.10. The van der Waals surface area contributed by atoms with E-state index in [1.165, 1.54) is 6.33 Å². The van der Waals surface area contributed by atoms with Crippen LogP contribution in [0.3, 0.4) is 0 Å². The number of halogens is 1. The van der Waals surface area contributed by atoms with Gasteiger partial charge in [0.1, 0.15) is 4.47 Å². The van der Waals surface area contributed by atoms with Crippen molar-refractivity contribution in [1.29, 1.82) is 0 Å². The fourth-order valence-corrected chi connectivity index (χ4v) is 2.07. The zero-order valence-electron chi connectivity index (χ0n) is 10.8. The van der Waals surface area contributed by atoms with Gasteiger partial charge in [0.15, 0.2) is 5.82 Å². The van der Waals surface area contributed by atoms with Crippen LogP contribution in [0.15, 0.2) is 15.6 Å². The summed E-state index contributed by atoms with van der Waals surface area (Å²) in [5, 5.41) is 0. The molecule has 0 radical (unpaired) electrons. The fourth-order valence-electron chi connectivity index (χ4n) is 1.63. The maximum absolute atomic E-state index is 11.6. The lowest BCUT2D eigenvalue weighted by Gasteiger charge is -2.30. The van der Waals surface area contributed by atoms with Gasteiger partial charge in [0.05, 0.1) is 25.6 Å². The Morgan fingerprint density at radius 1 is 1.50 bits per heavy atom. The lowest BCUT2D eigenvalue weighted by Crippen LogP contribution is -2.40. The number of anilines is 1. The maximum atomic E-state index is 11.6. The molecule has 0 saturated heterocycles. The minimum Gasteiger partial charge on any atom is -0.383 e. The highest BCUT2D eigenvalue weighted by Gasteiger charge is 2.19. The maximum Gasteiger partial charge on any atom is 0.267 e. The number of nitrogens with one attached hydrogen (secondary N) is 1. The largest absolute Gasteiger partial charge is 0.383 e. The number of aromatic amines is 1. The van der Waals surface area contributed by atoms with Crippen molar-refractivity contribution in [1.82, 2.24) is 9.97 Å². The highest BCUT2D eigenvalue weighted by Crippen LogP contribution is 2.21. The van der Waals surface area contributed by atoms with Crippen LogP contribution in [0.2, 0.25) is 0 Å². The highest BCUT2D eigenvalue weighted by atomic mass is 79.9. The van der Waals surface area contributed by atoms with Crippen LogP contribution < -0.4 is 10.5 Å². The molecule has 0 aliphatic heterocycles. The minimum absolute atomic E-state index is 0.0933. The van der Waals surface area contributed by atoms with E-state index in [1.54, 1.807) is 14.2 Å². The summed E-state index contributed by atoms with van der Waals surface area (Å²) >= 11 is 3.26. The molecule has 1 N–H and O–H groups in total. The molecule has 0 aliphatic rings. The van der Waals surface area contributed by atoms with Gasteiger partial charge in [-0.3, -0.25) is 4.79 Å². The number of rotatable bonds is 7. The lowest BCUT2D eigenvalue weighted by molar-refractivity contribution is 0.170. The summed E-state index contributed by atoms with van der Waals surface area (Å²) in [7, 11) is 3.28. The van der Waals surface area contributed by atoms with Gasteiger partial charge >= 0.3 is 0 Å². The Kier molecular flexibility index (Phi) is 6.31. The van der Waals surface area contributed by atoms with Crippen LogP contribution in [0.25, 0.3) is 0 Å². The molecule has 7 heteroatoms. The van der Waals surface area contributed by atoms with E-state index in [2.05, 4.69) is 25.9 Å². The van der Waals surface area contributed by atoms with Crippen LogP contribution in [0.5, 0.6) is 0 Å². The summed E-state index contributed by atoms with van der Waals surface area (Å²) in [4.78, 5) is 20.3. The molecule has 0 aliphatic carbocycles. The third kappa shape index (κ3) is 3.79. The molecular formula is C11H18BrN3O3. The zero-order chi connectivity index (χ0) is 13.5. The van der Waals surface area contributed by atoms with Gasteiger partial charge in [-0.2, -0.15) is 0 Å². The zero-order valence-corrected chi connectivity index (χ0v) is 12.4. The van der Waals surface area contributed by atoms with Crippen molar-refractivity contribution in [3.8, 4) is 0 Å². The van der Waals surface area contributed by atoms with Crippen LogP contribution in [0.1, 0.15) is 6.92 Å². The van der Waals surface area contributed by atoms with E-state index in [4.69, 9.17) is 9.47 Å². The van der Waals surface area contributed by atoms with Crippen molar-refractivity contribution in [2.75, 3.05) is 38.9 Å². The predicted octanol–water partition coefficient (Wildman–Crippen LogP) is 1.02. The summed E-state index contributed by atoms with van der Waals surface area (Å²) < 4.78 is 10.6. The third-order valence-electron chi connectivity index (χ3n) is 2.53. The first-order chi connectivity index (χ1) is 8.61. The monoisotopic (exact) mass is 319 g/mol. The molecule has 1 aromatic rings. The van der Waals surface area contributed by atoms with Crippen molar-refractivity contribution in [2.45, 2.75) is 13.0 Å². The molecule has 102 valence electrons. The average Bonchev–Trinajstić information content (AvgIpc) is 2.35. The molecule has 0 fully saturated rings. The summed E-state index contributed by atoms with van der Waals surface area (Å²) in [5.41, 5.74) is -0.202. The Bertz CT molecular complexity index is 424. The van der Waals surface area contributed by atoms with Gasteiger partial charge < -0.3 is 19.4 Å². The van der Waals surface area contributed by atoms with Crippen LogP contribution >= 0.6 is 15.9 Å². The molecule has 0 aromatic carbocycles. The van der Waals surface area contributed by atoms with E-state index in [0.29, 0.717) is 30.0 Å². The van der Waals surface area contributed by atoms with Crippen LogP contribution in [-0.2, 0) is 9.47 Å². The van der Waals surface area contributed by atoms with Gasteiger partial charge in [-0.15, -0.1) is 0 Å². The van der Waals surface area contributed by atoms with E-state index in [-0.39, 0.29) is 11.6 Å². The first-order valence-electron chi connectivity index (χ1n) is 5.59. The van der Waals surface area contributed by atoms with Crippen molar-refractivity contribution >= 4 is 21.7 Å². The summed E-state index contributed by atoms with van der Waals surface area (Å²) in [6.45, 7) is 3.74. The molecule has 1 unspecified atom stereocenters. The second-order valence-corrected chi connectivity index (χ2v) is 4.65. The molecule has 0 spiro atoms. The smallest absolute Gasteiger partial charge is 0.267 e. The van der Waals surface area contributed by atoms with Gasteiger partial charge in [0.2, 0.25) is 0 Å². The Labute approximate surface area is 114 Å². The standard InChI is InChI=1S/C11H18BrN3O3/c1-8(6-18-3)15(4-5-17-2)10-9(12)11(16)14-7-13-10/h7-8H,4-6H2,1-3H3,(H,13,14,16). The second kappa shape index (κ2) is 7.50. The van der Waals surface area contributed by atoms with Crippen LogP contribution in [0, 0.1) is 0 Å². The van der Waals surface area contributed by atoms with E-state index in [1.807, 2.05) is 11.8 Å². The second-order valence-electron chi connectivity index (χ2n) is 3.86. The Balaban J connectivity index is 3.00. The third-order valence-corrected chi connectivity index (χ3v) is 3.24. The Hall–Kier alpha value is -0.920. The lowest BCUT2D eigenvalue weighted by atomic mass is 10.3. The fraction of sp³-hybridized carbons (Fsp3) is 0.636. The summed E-state index contributed by atoms with van der Waals surface area (Å²) in [6.07, 6.45) is 1.39. The number of nitrogens with zero attached hydrogens (tertiary/aromatic N) is 2. The van der Waals surface area contributed by atoms with E-state index in [0.717, 1.165) is 0 Å². The predicted molar refractivity (Wildman–Crippen MR) is 73.1 cm³/mol. The number of ether oxygens (including phenoxy) is 2. The van der Waals surface area contributed by atoms with E-state index < -0.39 is 0 Å². The van der Waals surface area contributed by atoms with Gasteiger partial charge in [-0.1, -0.05) is 0 Å². The Morgan fingerprint density at radius 3 is 2.83 bits per heavy atom. The SMILES string of the molecule is COCCN(c1nc[nH]c(=O)c1Br)C(C)COC. The first kappa shape index (κ1) is 15.1. The van der Waals surface area contributed by atoms with Crippen molar-refractivity contribution in [3.63, 3.8) is 0 Å². The Morgan fingerprint density at radius 2 is 2.22 bits per heavy atom. The average molecular weight is 320 g/mol. The van der Waals surface area contributed by atoms with Gasteiger partial charge in [0.25, 0.3) is 5.56 Å². The molecule has 0 saturated carbocycles. The van der Waals surface area contributed by atoms with Crippen molar-refractivity contribution < 1.29 is 9.47 Å². The topological polar surface area (TPSA) is 67.5 Å². The molecular weight excluding hydrogens is 302 g/mol. The summed E-state index contributed by atoms with van der Waals surface area (Å²) in [6, 6.07) is 0.0933. The van der Waals surface area contributed by atoms with Crippen molar-refractivity contribution in [2.24, 2.45) is 0 Å². The molecule has 1 heterocycles. The molecule has 1 rings (SSSR count). The molecule has 0 bridgehead atoms. The first-order valence-corrected chi connectivity index (χ1v) is 6.38. The van der Waals surface area contributed by atoms with Gasteiger partial charge in [-0.05, 0) is 22.9 Å². The van der Waals surface area contributed by atoms with Gasteiger partial charge in [-0.25, -0.2) is 4.98 Å². The van der Waals surface area contributed by atoms with Crippen LogP contribution in [0.4, 0.5) is 5.82 Å². The molecule has 1 aromatic heterocycles.